The number of hydrogen-bond donors (Lipinski definition) is 1. The highest BCUT2D eigenvalue weighted by Crippen LogP contribution is 2.25. The predicted octanol–water partition coefficient (Wildman–Crippen LogP) is 0.243. The Hall–Kier alpha value is -0.683. The Labute approximate surface area is 74.1 Å². The Bertz CT molecular complexity index is 186. The van der Waals surface area contributed by atoms with Crippen LogP contribution in [0, 0.1) is 0 Å². The van der Waals surface area contributed by atoms with Crippen molar-refractivity contribution in [3.8, 4) is 0 Å². The van der Waals surface area contributed by atoms with Gasteiger partial charge in [-0.05, 0) is 5.04 Å². The van der Waals surface area contributed by atoms with Crippen molar-refractivity contribution < 1.29 is 14.3 Å². The normalized spacial score (nSPS) is 14.8. The zero-order valence-corrected chi connectivity index (χ0v) is 9.02. The molecule has 0 spiro atoms. The molecule has 0 fully saturated rings. The third kappa shape index (κ3) is 4.25. The van der Waals surface area contributed by atoms with Crippen LogP contribution in [0.1, 0.15) is 20.8 Å². The third-order valence-corrected chi connectivity index (χ3v) is 3.28. The van der Waals surface area contributed by atoms with Crippen LogP contribution in [0.15, 0.2) is 4.66 Å². The highest BCUT2D eigenvalue weighted by molar-refractivity contribution is 6.54. The average Bonchev–Trinajstić information content (AvgIpc) is 1.97. The van der Waals surface area contributed by atoms with Crippen LogP contribution in [-0.2, 0) is 9.53 Å². The lowest BCUT2D eigenvalue weighted by atomic mass is 10.3. The first kappa shape index (κ1) is 11.3. The Morgan fingerprint density at radius 2 is 2.08 bits per heavy atom. The number of carbonyl (C=O) groups is 1. The molecule has 0 aromatic rings. The van der Waals surface area contributed by atoms with E-state index in [0.717, 1.165) is 6.21 Å². The van der Waals surface area contributed by atoms with E-state index >= 15 is 0 Å². The van der Waals surface area contributed by atoms with Crippen molar-refractivity contribution >= 4 is 21.4 Å². The van der Waals surface area contributed by atoms with E-state index in [1.807, 2.05) is 20.8 Å². The van der Waals surface area contributed by atoms with E-state index < -0.39 is 15.2 Å². The maximum absolute atomic E-state index is 10.6. The summed E-state index contributed by atoms with van der Waals surface area (Å²) in [5.41, 5.74) is 0. The molecule has 0 saturated carbocycles. The minimum Gasteiger partial charge on any atom is -0.465 e. The van der Waals surface area contributed by atoms with Gasteiger partial charge < -0.3 is 9.53 Å². The lowest BCUT2D eigenvalue weighted by molar-refractivity contribution is -0.132. The fourth-order valence-corrected chi connectivity index (χ4v) is 1.12. The van der Waals surface area contributed by atoms with Gasteiger partial charge in [0.1, 0.15) is 0 Å². The molecule has 0 aliphatic rings. The van der Waals surface area contributed by atoms with Crippen LogP contribution in [-0.4, -0.2) is 33.3 Å². The number of nitrogens with zero attached hydrogens (tertiary/aromatic N) is 1. The van der Waals surface area contributed by atoms with E-state index in [1.54, 1.807) is 0 Å². The molecule has 0 rings (SSSR count). The maximum atomic E-state index is 10.6. The minimum atomic E-state index is -2.19. The smallest absolute Gasteiger partial charge is 0.347 e. The van der Waals surface area contributed by atoms with Gasteiger partial charge >= 0.3 is 15.2 Å². The van der Waals surface area contributed by atoms with Gasteiger partial charge in [0.05, 0.1) is 13.3 Å². The van der Waals surface area contributed by atoms with Gasteiger partial charge in [0.25, 0.3) is 0 Å². The largest absolute Gasteiger partial charge is 0.465 e. The lowest BCUT2D eigenvalue weighted by Crippen LogP contribution is -2.24. The van der Waals surface area contributed by atoms with Crippen molar-refractivity contribution in [1.29, 1.82) is 0 Å². The molecular formula is C7H15NO3Si. The molecule has 0 aliphatic carbocycles. The number of rotatable bonds is 2. The van der Waals surface area contributed by atoms with E-state index in [0.29, 0.717) is 0 Å². The summed E-state index contributed by atoms with van der Waals surface area (Å²) in [6.07, 6.45) is 1.04. The number of ether oxygens (including phenoxy) is 1. The standard InChI is InChI=1S/C7H15NO3Si/c1-7(2,3)12(10)8-5-6(9)11-4/h5,10,12H,1-4H3. The molecule has 0 aromatic heterocycles. The summed E-state index contributed by atoms with van der Waals surface area (Å²) < 4.78 is 8.10. The molecule has 12 heavy (non-hydrogen) atoms. The molecule has 0 radical (unpaired) electrons. The molecule has 0 aromatic carbocycles. The fourth-order valence-electron chi connectivity index (χ4n) is 0.408. The van der Waals surface area contributed by atoms with Gasteiger partial charge in [-0.2, -0.15) is 0 Å². The first-order valence-corrected chi connectivity index (χ1v) is 5.28. The monoisotopic (exact) mass is 189 g/mol. The third-order valence-electron chi connectivity index (χ3n) is 1.30. The van der Waals surface area contributed by atoms with Crippen LogP contribution in [0.5, 0.6) is 0 Å². The van der Waals surface area contributed by atoms with Crippen molar-refractivity contribution in [3.63, 3.8) is 0 Å². The van der Waals surface area contributed by atoms with Crippen LogP contribution in [0.3, 0.4) is 0 Å². The van der Waals surface area contributed by atoms with Crippen LogP contribution in [0.2, 0.25) is 5.04 Å². The van der Waals surface area contributed by atoms with Crippen LogP contribution in [0.4, 0.5) is 0 Å². The summed E-state index contributed by atoms with van der Waals surface area (Å²) in [5, 5.41) is -0.218. The molecule has 70 valence electrons. The molecule has 0 aliphatic heterocycles. The second-order valence-corrected chi connectivity index (χ2v) is 6.32. The molecule has 1 N–H and O–H groups in total. The molecule has 5 heteroatoms. The molecule has 0 heterocycles. The van der Waals surface area contributed by atoms with Gasteiger partial charge in [0.15, 0.2) is 0 Å². The molecular weight excluding hydrogens is 174 g/mol. The Balaban J connectivity index is 4.09. The second-order valence-electron chi connectivity index (χ2n) is 3.54. The van der Waals surface area contributed by atoms with Crippen LogP contribution >= 0.6 is 0 Å². The summed E-state index contributed by atoms with van der Waals surface area (Å²) in [6, 6.07) is 0. The van der Waals surface area contributed by atoms with Gasteiger partial charge in [-0.1, -0.05) is 20.8 Å². The van der Waals surface area contributed by atoms with Crippen molar-refractivity contribution in [2.24, 2.45) is 4.66 Å². The summed E-state index contributed by atoms with van der Waals surface area (Å²) in [5.74, 6) is -0.522. The van der Waals surface area contributed by atoms with Crippen molar-refractivity contribution in [3.05, 3.63) is 0 Å². The van der Waals surface area contributed by atoms with Gasteiger partial charge in [0.2, 0.25) is 0 Å². The van der Waals surface area contributed by atoms with Crippen LogP contribution < -0.4 is 0 Å². The number of methoxy groups -OCH3 is 1. The zero-order valence-electron chi connectivity index (χ0n) is 7.87. The molecule has 1 unspecified atom stereocenters. The topological polar surface area (TPSA) is 58.9 Å². The summed E-state index contributed by atoms with van der Waals surface area (Å²) >= 11 is 0. The van der Waals surface area contributed by atoms with E-state index in [4.69, 9.17) is 0 Å². The summed E-state index contributed by atoms with van der Waals surface area (Å²) in [4.78, 5) is 20.0. The number of carbonyl (C=O) groups excluding carboxylic acids is 1. The van der Waals surface area contributed by atoms with E-state index in [-0.39, 0.29) is 5.04 Å². The zero-order chi connectivity index (χ0) is 9.78. The van der Waals surface area contributed by atoms with Crippen molar-refractivity contribution in [2.75, 3.05) is 7.11 Å². The SMILES string of the molecule is COC(=O)C=N[SiH](O)C(C)(C)C. The Morgan fingerprint density at radius 1 is 1.58 bits per heavy atom. The lowest BCUT2D eigenvalue weighted by Gasteiger charge is -2.18. The molecule has 0 bridgehead atoms. The van der Waals surface area contributed by atoms with Crippen molar-refractivity contribution in [1.82, 2.24) is 0 Å². The van der Waals surface area contributed by atoms with Gasteiger partial charge in [0, 0.05) is 0 Å². The van der Waals surface area contributed by atoms with Crippen molar-refractivity contribution in [2.45, 2.75) is 25.8 Å². The number of esters is 1. The van der Waals surface area contributed by atoms with Crippen LogP contribution in [0.25, 0.3) is 0 Å². The van der Waals surface area contributed by atoms with E-state index in [1.165, 1.54) is 7.11 Å². The van der Waals surface area contributed by atoms with E-state index in [9.17, 15) is 9.59 Å². The maximum Gasteiger partial charge on any atom is 0.347 e. The summed E-state index contributed by atoms with van der Waals surface area (Å²) in [6.45, 7) is 5.66. The average molecular weight is 189 g/mol. The molecule has 4 nitrogen and oxygen atoms in total. The highest BCUT2D eigenvalue weighted by atomic mass is 28.3. The van der Waals surface area contributed by atoms with Gasteiger partial charge in [-0.3, -0.25) is 4.66 Å². The molecule has 0 saturated heterocycles. The predicted molar refractivity (Wildman–Crippen MR) is 49.6 cm³/mol. The minimum absolute atomic E-state index is 0.218. The molecule has 0 amide bonds. The van der Waals surface area contributed by atoms with Gasteiger partial charge in [-0.25, -0.2) is 4.79 Å². The van der Waals surface area contributed by atoms with Gasteiger partial charge in [-0.15, -0.1) is 0 Å². The quantitative estimate of drug-likeness (QED) is 0.384. The second kappa shape index (κ2) is 4.37. The first-order valence-electron chi connectivity index (χ1n) is 3.67. The Morgan fingerprint density at radius 3 is 2.42 bits per heavy atom. The molecule has 1 atom stereocenters. The Kier molecular flexibility index (Phi) is 4.12. The number of hydrogen-bond acceptors (Lipinski definition) is 4. The first-order chi connectivity index (χ1) is 5.38. The van der Waals surface area contributed by atoms with E-state index in [2.05, 4.69) is 9.39 Å². The highest BCUT2D eigenvalue weighted by Gasteiger charge is 2.24. The summed E-state index contributed by atoms with van der Waals surface area (Å²) in [7, 11) is -0.915. The fraction of sp³-hybridized carbons (Fsp3) is 0.714.